The summed E-state index contributed by atoms with van der Waals surface area (Å²) in [7, 11) is -1.44. The maximum Gasteiger partial charge on any atom is 0.269 e. The van der Waals surface area contributed by atoms with Gasteiger partial charge in [0.1, 0.15) is 9.79 Å². The maximum atomic E-state index is 11.5. The number of amides is 6. The van der Waals surface area contributed by atoms with E-state index in [-0.39, 0.29) is 44.4 Å². The summed E-state index contributed by atoms with van der Waals surface area (Å²) in [6, 6.07) is 13.0. The number of benzene rings is 2. The van der Waals surface area contributed by atoms with Crippen LogP contribution in [-0.4, -0.2) is 98.9 Å². The number of nitrogens with zero attached hydrogens (tertiary/aromatic N) is 4. The van der Waals surface area contributed by atoms with Crippen molar-refractivity contribution in [3.8, 4) is 0 Å². The summed E-state index contributed by atoms with van der Waals surface area (Å²) in [5, 5.41) is 3.03. The molecular formula is C33H34N4O10S3. The molecule has 14 nitrogen and oxygen atoms in total. The van der Waals surface area contributed by atoms with Crippen molar-refractivity contribution >= 4 is 66.8 Å². The van der Waals surface area contributed by atoms with E-state index in [9.17, 15) is 45.6 Å². The molecule has 17 heteroatoms. The van der Waals surface area contributed by atoms with Gasteiger partial charge in [-0.1, -0.05) is 37.1 Å². The molecule has 50 heavy (non-hydrogen) atoms. The summed E-state index contributed by atoms with van der Waals surface area (Å²) in [6.07, 6.45) is 5.69. The van der Waals surface area contributed by atoms with Crippen LogP contribution < -0.4 is 0 Å². The number of sulfonamides is 2. The smallest absolute Gasteiger partial charge is 0.269 e. The van der Waals surface area contributed by atoms with Crippen LogP contribution in [0.4, 0.5) is 0 Å². The van der Waals surface area contributed by atoms with E-state index < -0.39 is 31.9 Å². The second kappa shape index (κ2) is 13.5. The highest BCUT2D eigenvalue weighted by Crippen LogP contribution is 2.46. The first kappa shape index (κ1) is 36.5. The fraction of sp³-hybridized carbons (Fsp3) is 0.333. The van der Waals surface area contributed by atoms with Crippen molar-refractivity contribution in [2.75, 3.05) is 28.2 Å². The van der Waals surface area contributed by atoms with E-state index in [1.54, 1.807) is 48.8 Å². The molecular weight excluding hydrogens is 709 g/mol. The van der Waals surface area contributed by atoms with E-state index in [4.69, 9.17) is 0 Å². The summed E-state index contributed by atoms with van der Waals surface area (Å²) < 4.78 is 47.3. The fourth-order valence-electron chi connectivity index (χ4n) is 6.23. The number of carbonyl (C=O) groups excluding carboxylic acids is 6. The third-order valence-corrected chi connectivity index (χ3v) is 13.8. The monoisotopic (exact) mass is 742 g/mol. The first-order valence-electron chi connectivity index (χ1n) is 15.4. The van der Waals surface area contributed by atoms with Crippen molar-refractivity contribution in [1.29, 1.82) is 0 Å². The van der Waals surface area contributed by atoms with Crippen LogP contribution in [0.15, 0.2) is 69.1 Å². The standard InChI is InChI=1S/C10H15NO2.C9H7NO2.C8H7NO3S.C6H5NO3S2/c1-11-8(12)6-10(7-9(11)13)4-2-3-5-10;1-10-8(11)6-4-2-3-5-7(6)9(10)12;1-9-8(10)6-4-2-3-5-7(6)13(9,11)12;1-7-6(8)4-2-11-3-5(4)12(7,9)10/h2-7H2,1H3;2-5H,1H3;2-5H,1H3;2-3H,1H3. The summed E-state index contributed by atoms with van der Waals surface area (Å²) in [6.45, 7) is 0. The molecule has 0 N–H and O–H groups in total. The minimum atomic E-state index is -3.55. The maximum absolute atomic E-state index is 11.5. The fourth-order valence-corrected chi connectivity index (χ4v) is 9.97. The lowest BCUT2D eigenvalue weighted by atomic mass is 9.76. The van der Waals surface area contributed by atoms with Gasteiger partial charge in [-0.05, 0) is 42.5 Å². The second-order valence-corrected chi connectivity index (χ2v) is 16.9. The summed E-state index contributed by atoms with van der Waals surface area (Å²) in [5.41, 5.74) is 1.61. The third-order valence-electron chi connectivity index (χ3n) is 9.29. The van der Waals surface area contributed by atoms with E-state index in [0.29, 0.717) is 29.5 Å². The van der Waals surface area contributed by atoms with E-state index in [1.807, 2.05) is 0 Å². The average Bonchev–Trinajstić information content (AvgIpc) is 3.89. The van der Waals surface area contributed by atoms with Crippen LogP contribution in [0.25, 0.3) is 0 Å². The number of hydrogen-bond donors (Lipinski definition) is 0. The second-order valence-electron chi connectivity index (χ2n) is 12.3. The van der Waals surface area contributed by atoms with Gasteiger partial charge < -0.3 is 0 Å². The molecule has 2 fully saturated rings. The van der Waals surface area contributed by atoms with E-state index >= 15 is 0 Å². The average molecular weight is 743 g/mol. The zero-order valence-electron chi connectivity index (χ0n) is 27.6. The van der Waals surface area contributed by atoms with Gasteiger partial charge in [0.15, 0.2) is 0 Å². The van der Waals surface area contributed by atoms with Gasteiger partial charge in [-0.2, -0.15) is 11.3 Å². The number of piperidine rings is 1. The van der Waals surface area contributed by atoms with Crippen LogP contribution in [0.5, 0.6) is 0 Å². The zero-order chi connectivity index (χ0) is 36.8. The quantitative estimate of drug-likeness (QED) is 0.310. The molecule has 1 saturated carbocycles. The topological polar surface area (TPSA) is 184 Å². The summed E-state index contributed by atoms with van der Waals surface area (Å²) in [4.78, 5) is 70.8. The van der Waals surface area contributed by atoms with Crippen molar-refractivity contribution in [3.05, 3.63) is 81.5 Å². The van der Waals surface area contributed by atoms with Crippen molar-refractivity contribution in [2.45, 2.75) is 48.3 Å². The number of carbonyl (C=O) groups is 6. The molecule has 1 aromatic heterocycles. The molecule has 5 aliphatic rings. The molecule has 6 amide bonds. The number of hydrogen-bond acceptors (Lipinski definition) is 11. The largest absolute Gasteiger partial charge is 0.286 e. The number of fused-ring (bicyclic) bond motifs is 3. The van der Waals surface area contributed by atoms with Crippen molar-refractivity contribution < 1.29 is 45.6 Å². The summed E-state index contributed by atoms with van der Waals surface area (Å²) >= 11 is 1.22. The highest BCUT2D eigenvalue weighted by Gasteiger charge is 2.44. The predicted molar refractivity (Wildman–Crippen MR) is 180 cm³/mol. The van der Waals surface area contributed by atoms with Gasteiger partial charge in [-0.25, -0.2) is 25.4 Å². The lowest BCUT2D eigenvalue weighted by Gasteiger charge is -2.35. The number of thiophene rings is 1. The van der Waals surface area contributed by atoms with Crippen molar-refractivity contribution in [2.24, 2.45) is 5.41 Å². The molecule has 3 aromatic rings. The Morgan fingerprint density at radius 2 is 0.980 bits per heavy atom. The van der Waals surface area contributed by atoms with Crippen LogP contribution in [-0.2, 0) is 29.6 Å². The Morgan fingerprint density at radius 1 is 0.540 bits per heavy atom. The van der Waals surface area contributed by atoms with Gasteiger partial charge in [-0.3, -0.25) is 38.6 Å². The van der Waals surface area contributed by atoms with E-state index in [1.165, 1.54) is 67.7 Å². The molecule has 5 heterocycles. The van der Waals surface area contributed by atoms with Gasteiger partial charge in [0.2, 0.25) is 11.8 Å². The highest BCUT2D eigenvalue weighted by molar-refractivity contribution is 7.90. The molecule has 0 bridgehead atoms. The normalized spacial score (nSPS) is 20.4. The first-order chi connectivity index (χ1) is 23.4. The van der Waals surface area contributed by atoms with Crippen LogP contribution in [0, 0.1) is 5.41 Å². The molecule has 8 rings (SSSR count). The van der Waals surface area contributed by atoms with E-state index in [0.717, 1.165) is 26.4 Å². The number of imide groups is 2. The molecule has 0 unspecified atom stereocenters. The van der Waals surface area contributed by atoms with Gasteiger partial charge >= 0.3 is 0 Å². The van der Waals surface area contributed by atoms with Gasteiger partial charge in [0.05, 0.1) is 22.3 Å². The van der Waals surface area contributed by atoms with E-state index in [2.05, 4.69) is 0 Å². The zero-order valence-corrected chi connectivity index (χ0v) is 30.1. The molecule has 264 valence electrons. The first-order valence-corrected chi connectivity index (χ1v) is 19.2. The Morgan fingerprint density at radius 3 is 1.46 bits per heavy atom. The molecule has 1 saturated heterocycles. The van der Waals surface area contributed by atoms with Gasteiger partial charge in [0, 0.05) is 51.8 Å². The third kappa shape index (κ3) is 6.35. The molecule has 1 aliphatic carbocycles. The van der Waals surface area contributed by atoms with Crippen molar-refractivity contribution in [1.82, 2.24) is 18.4 Å². The molecule has 0 radical (unpaired) electrons. The SMILES string of the molecule is CN1C(=O)CC2(CCCC2)CC1=O.CN1C(=O)c2ccccc2C1=O.CN1C(=O)c2ccccc2S1(=O)=O.CN1C(=O)c2cscc2S1(=O)=O. The van der Waals surface area contributed by atoms with Gasteiger partial charge in [0.25, 0.3) is 43.7 Å². The Bertz CT molecular complexity index is 2100. The van der Waals surface area contributed by atoms with Crippen LogP contribution in [0.3, 0.4) is 0 Å². The molecule has 4 aliphatic heterocycles. The molecule has 1 spiro atoms. The van der Waals surface area contributed by atoms with Gasteiger partial charge in [-0.15, -0.1) is 0 Å². The predicted octanol–water partition coefficient (Wildman–Crippen LogP) is 3.22. The minimum Gasteiger partial charge on any atom is -0.286 e. The Balaban J connectivity index is 0.000000130. The van der Waals surface area contributed by atoms with Crippen molar-refractivity contribution in [3.63, 3.8) is 0 Å². The highest BCUT2D eigenvalue weighted by atomic mass is 32.2. The van der Waals surface area contributed by atoms with Crippen LogP contribution in [0.1, 0.15) is 80.0 Å². The number of rotatable bonds is 0. The molecule has 0 atom stereocenters. The minimum absolute atomic E-state index is 0.0122. The van der Waals surface area contributed by atoms with Crippen LogP contribution >= 0.6 is 11.3 Å². The van der Waals surface area contributed by atoms with Crippen LogP contribution in [0.2, 0.25) is 0 Å². The Hall–Kier alpha value is -4.74. The Kier molecular flexibility index (Phi) is 9.88. The number of likely N-dealkylation sites (tertiary alicyclic amines) is 1. The lowest BCUT2D eigenvalue weighted by Crippen LogP contribution is -2.44. The summed E-state index contributed by atoms with van der Waals surface area (Å²) in [5.74, 6) is -1.30. The lowest BCUT2D eigenvalue weighted by molar-refractivity contribution is -0.151. The Labute approximate surface area is 293 Å². The molecule has 2 aromatic carbocycles.